The van der Waals surface area contributed by atoms with E-state index >= 15 is 0 Å². The van der Waals surface area contributed by atoms with Gasteiger partial charge in [-0.3, -0.25) is 0 Å². The average molecular weight is 405 g/mol. The molecule has 0 aliphatic carbocycles. The van der Waals surface area contributed by atoms with Crippen LogP contribution in [-0.2, 0) is 14.2 Å². The van der Waals surface area contributed by atoms with Crippen LogP contribution in [0.4, 0.5) is 0 Å². The molecule has 0 unspecified atom stereocenters. The molecule has 1 aromatic heterocycles. The summed E-state index contributed by atoms with van der Waals surface area (Å²) in [6.45, 7) is 8.20. The minimum Gasteiger partial charge on any atom is -0.369 e. The quantitative estimate of drug-likeness (QED) is 0.571. The van der Waals surface area contributed by atoms with Crippen molar-refractivity contribution in [2.24, 2.45) is 0 Å². The summed E-state index contributed by atoms with van der Waals surface area (Å²) in [7, 11) is 0. The lowest BCUT2D eigenvalue weighted by Crippen LogP contribution is -2.57. The molecule has 2 fully saturated rings. The van der Waals surface area contributed by atoms with Gasteiger partial charge in [-0.2, -0.15) is 0 Å². The van der Waals surface area contributed by atoms with Crippen LogP contribution < -0.4 is 0 Å². The molecule has 6 nitrogen and oxygen atoms in total. The van der Waals surface area contributed by atoms with Crippen molar-refractivity contribution >= 4 is 22.6 Å². The van der Waals surface area contributed by atoms with Gasteiger partial charge in [-0.05, 0) is 49.3 Å². The average Bonchev–Trinajstić information content (AvgIpc) is 2.84. The predicted molar refractivity (Wildman–Crippen MR) is 84.8 cm³/mol. The zero-order chi connectivity index (χ0) is 15.0. The summed E-state index contributed by atoms with van der Waals surface area (Å²) in [6.07, 6.45) is 5.45. The number of fused-ring (bicyclic) bond motifs is 1. The molecular formula is C14H20IN3O3. The highest BCUT2D eigenvalue weighted by Gasteiger charge is 2.47. The SMILES string of the molecule is C=CC[C@@H]1C[C@@H](n2cc(I)nn2)[C@H]2OC(C)(C)OC[C@H]2O1. The fraction of sp³-hybridized carbons (Fsp3) is 0.714. The van der Waals surface area contributed by atoms with E-state index in [9.17, 15) is 0 Å². The van der Waals surface area contributed by atoms with Crippen LogP contribution in [-0.4, -0.2) is 45.7 Å². The van der Waals surface area contributed by atoms with E-state index in [1.807, 2.05) is 30.8 Å². The van der Waals surface area contributed by atoms with Gasteiger partial charge in [-0.1, -0.05) is 11.3 Å². The highest BCUT2D eigenvalue weighted by Crippen LogP contribution is 2.38. The summed E-state index contributed by atoms with van der Waals surface area (Å²) in [4.78, 5) is 0. The van der Waals surface area contributed by atoms with E-state index in [1.165, 1.54) is 0 Å². The van der Waals surface area contributed by atoms with E-state index in [2.05, 4.69) is 39.5 Å². The molecule has 2 aliphatic rings. The molecule has 1 aromatic rings. The van der Waals surface area contributed by atoms with Crippen LogP contribution in [0, 0.1) is 3.70 Å². The molecule has 0 saturated carbocycles. The number of nitrogens with zero attached hydrogens (tertiary/aromatic N) is 3. The van der Waals surface area contributed by atoms with Gasteiger partial charge in [0, 0.05) is 0 Å². The molecule has 21 heavy (non-hydrogen) atoms. The summed E-state index contributed by atoms with van der Waals surface area (Å²) >= 11 is 2.17. The fourth-order valence-corrected chi connectivity index (χ4v) is 3.36. The standard InChI is InChI=1S/C14H20IN3O3/c1-4-5-9-6-10(18-7-12(15)16-17-18)13-11(20-9)8-19-14(2,3)21-13/h4,7,9-11,13H,1,5-6,8H2,2-3H3/t9-,10-,11-,13-/m1/s1. The van der Waals surface area contributed by atoms with Crippen molar-refractivity contribution in [3.63, 3.8) is 0 Å². The molecule has 2 aliphatic heterocycles. The molecule has 0 aromatic carbocycles. The summed E-state index contributed by atoms with van der Waals surface area (Å²) in [6, 6.07) is 0.105. The van der Waals surface area contributed by atoms with Gasteiger partial charge in [0.05, 0.1) is 24.9 Å². The fourth-order valence-electron chi connectivity index (χ4n) is 2.98. The zero-order valence-electron chi connectivity index (χ0n) is 12.2. The van der Waals surface area contributed by atoms with Crippen molar-refractivity contribution in [2.75, 3.05) is 6.61 Å². The summed E-state index contributed by atoms with van der Waals surface area (Å²) < 4.78 is 20.7. The van der Waals surface area contributed by atoms with Crippen LogP contribution in [0.25, 0.3) is 0 Å². The van der Waals surface area contributed by atoms with Gasteiger partial charge in [0.2, 0.25) is 0 Å². The van der Waals surface area contributed by atoms with E-state index in [0.717, 1.165) is 16.5 Å². The second-order valence-electron chi connectivity index (χ2n) is 5.94. The van der Waals surface area contributed by atoms with Gasteiger partial charge in [-0.15, -0.1) is 11.7 Å². The molecule has 0 radical (unpaired) electrons. The smallest absolute Gasteiger partial charge is 0.163 e. The minimum atomic E-state index is -0.595. The summed E-state index contributed by atoms with van der Waals surface area (Å²) in [5.41, 5.74) is 0. The van der Waals surface area contributed by atoms with E-state index in [0.29, 0.717) is 6.61 Å². The van der Waals surface area contributed by atoms with Crippen molar-refractivity contribution in [3.8, 4) is 0 Å². The third-order valence-electron chi connectivity index (χ3n) is 3.88. The third-order valence-corrected chi connectivity index (χ3v) is 4.38. The van der Waals surface area contributed by atoms with Gasteiger partial charge in [0.25, 0.3) is 0 Å². The maximum atomic E-state index is 6.12. The van der Waals surface area contributed by atoms with E-state index in [4.69, 9.17) is 14.2 Å². The minimum absolute atomic E-state index is 0.0766. The Hall–Kier alpha value is -0.510. The first-order valence-electron chi connectivity index (χ1n) is 7.14. The van der Waals surface area contributed by atoms with Crippen molar-refractivity contribution < 1.29 is 14.2 Å². The first-order valence-corrected chi connectivity index (χ1v) is 8.22. The lowest BCUT2D eigenvalue weighted by Gasteiger charge is -2.48. The molecule has 3 rings (SSSR count). The molecule has 2 saturated heterocycles. The topological polar surface area (TPSA) is 58.4 Å². The molecule has 7 heteroatoms. The number of aromatic nitrogens is 3. The highest BCUT2D eigenvalue weighted by molar-refractivity contribution is 14.1. The molecule has 0 spiro atoms. The molecule has 4 atom stereocenters. The Morgan fingerprint density at radius 2 is 2.38 bits per heavy atom. The second kappa shape index (κ2) is 5.94. The molecular weight excluding hydrogens is 385 g/mol. The number of rotatable bonds is 3. The van der Waals surface area contributed by atoms with E-state index < -0.39 is 5.79 Å². The second-order valence-corrected chi connectivity index (χ2v) is 7.04. The number of hydrogen-bond acceptors (Lipinski definition) is 5. The number of hydrogen-bond donors (Lipinski definition) is 0. The monoisotopic (exact) mass is 405 g/mol. The Kier molecular flexibility index (Phi) is 4.35. The zero-order valence-corrected chi connectivity index (χ0v) is 14.4. The molecule has 0 bridgehead atoms. The van der Waals surface area contributed by atoms with Crippen molar-refractivity contribution in [1.29, 1.82) is 0 Å². The first-order chi connectivity index (χ1) is 9.98. The van der Waals surface area contributed by atoms with Crippen LogP contribution in [0.2, 0.25) is 0 Å². The Morgan fingerprint density at radius 1 is 1.57 bits per heavy atom. The van der Waals surface area contributed by atoms with E-state index in [1.54, 1.807) is 0 Å². The maximum Gasteiger partial charge on any atom is 0.163 e. The largest absolute Gasteiger partial charge is 0.369 e. The Balaban J connectivity index is 1.86. The van der Waals surface area contributed by atoms with Crippen LogP contribution in [0.1, 0.15) is 32.7 Å². The van der Waals surface area contributed by atoms with Crippen molar-refractivity contribution in [1.82, 2.24) is 15.0 Å². The highest BCUT2D eigenvalue weighted by atomic mass is 127. The lowest BCUT2D eigenvalue weighted by atomic mass is 9.93. The van der Waals surface area contributed by atoms with Crippen LogP contribution in [0.5, 0.6) is 0 Å². The summed E-state index contributed by atoms with van der Waals surface area (Å²) in [5.74, 6) is -0.595. The van der Waals surface area contributed by atoms with Crippen LogP contribution in [0.3, 0.4) is 0 Å². The number of ether oxygens (including phenoxy) is 3. The van der Waals surface area contributed by atoms with Crippen molar-refractivity contribution in [2.45, 2.75) is 56.8 Å². The van der Waals surface area contributed by atoms with Gasteiger partial charge in [0.1, 0.15) is 15.9 Å². The third kappa shape index (κ3) is 3.30. The van der Waals surface area contributed by atoms with Crippen LogP contribution >= 0.6 is 22.6 Å². The molecule has 116 valence electrons. The van der Waals surface area contributed by atoms with Gasteiger partial charge in [0.15, 0.2) is 5.79 Å². The normalized spacial score (nSPS) is 35.2. The van der Waals surface area contributed by atoms with Crippen molar-refractivity contribution in [3.05, 3.63) is 22.6 Å². The van der Waals surface area contributed by atoms with E-state index in [-0.39, 0.29) is 24.4 Å². The summed E-state index contributed by atoms with van der Waals surface area (Å²) in [5, 5.41) is 8.32. The Labute approximate surface area is 138 Å². The van der Waals surface area contributed by atoms with Crippen LogP contribution in [0.15, 0.2) is 18.9 Å². The predicted octanol–water partition coefficient (Wildman–Crippen LogP) is 2.31. The number of halogens is 1. The van der Waals surface area contributed by atoms with Gasteiger partial charge in [-0.25, -0.2) is 4.68 Å². The van der Waals surface area contributed by atoms with Gasteiger partial charge < -0.3 is 14.2 Å². The maximum absolute atomic E-state index is 6.12. The molecule has 0 amide bonds. The van der Waals surface area contributed by atoms with Gasteiger partial charge >= 0.3 is 0 Å². The first kappa shape index (κ1) is 15.4. The lowest BCUT2D eigenvalue weighted by molar-refractivity contribution is -0.336. The molecule has 0 N–H and O–H groups in total. The molecule has 3 heterocycles. The Morgan fingerprint density at radius 3 is 3.05 bits per heavy atom. The Bertz CT molecular complexity index is 519.